The van der Waals surface area contributed by atoms with Crippen molar-refractivity contribution in [2.45, 2.75) is 33.2 Å². The molecular weight excluding hydrogens is 112 g/mol. The van der Waals surface area contributed by atoms with Gasteiger partial charge in [-0.3, -0.25) is 0 Å². The smallest absolute Gasteiger partial charge is 0.00996 e. The fourth-order valence-electron chi connectivity index (χ4n) is 0.613. The molecule has 0 aliphatic carbocycles. The van der Waals surface area contributed by atoms with Crippen molar-refractivity contribution < 1.29 is 0 Å². The summed E-state index contributed by atoms with van der Waals surface area (Å²) in [4.78, 5) is 0. The Labute approximate surface area is 57.6 Å². The monoisotopic (exact) mass is 130 g/mol. The predicted octanol–water partition coefficient (Wildman–Crippen LogP) is 0.709. The first-order valence-corrected chi connectivity index (χ1v) is 3.44. The molecule has 0 aromatic carbocycles. The molecule has 4 N–H and O–H groups in total. The molecule has 0 heterocycles. The minimum absolute atomic E-state index is 0.208. The summed E-state index contributed by atoms with van der Waals surface area (Å²) in [5.74, 6) is 0. The molecule has 0 bridgehead atoms. The topological polar surface area (TPSA) is 52.0 Å². The fraction of sp³-hybridized carbons (Fsp3) is 1.00. The maximum absolute atomic E-state index is 5.78. The van der Waals surface area contributed by atoms with Crippen molar-refractivity contribution in [2.75, 3.05) is 6.54 Å². The van der Waals surface area contributed by atoms with Gasteiger partial charge in [-0.1, -0.05) is 20.8 Å². The first-order chi connectivity index (χ1) is 3.98. The van der Waals surface area contributed by atoms with Crippen molar-refractivity contribution in [1.82, 2.24) is 0 Å². The zero-order valence-electron chi connectivity index (χ0n) is 6.65. The first-order valence-electron chi connectivity index (χ1n) is 3.44. The zero-order valence-corrected chi connectivity index (χ0v) is 6.65. The van der Waals surface area contributed by atoms with Gasteiger partial charge in [0.15, 0.2) is 0 Å². The Bertz CT molecular complexity index is 73.5. The lowest BCUT2D eigenvalue weighted by molar-refractivity contribution is 0.308. The lowest BCUT2D eigenvalue weighted by atomic mass is 9.86. The Balaban J connectivity index is 3.59. The maximum atomic E-state index is 5.78. The molecule has 1 unspecified atom stereocenters. The van der Waals surface area contributed by atoms with Crippen LogP contribution in [-0.2, 0) is 0 Å². The highest BCUT2D eigenvalue weighted by atomic mass is 14.7. The van der Waals surface area contributed by atoms with E-state index in [1.165, 1.54) is 0 Å². The summed E-state index contributed by atoms with van der Waals surface area (Å²) in [6.45, 7) is 7.09. The lowest BCUT2D eigenvalue weighted by Crippen LogP contribution is -2.36. The van der Waals surface area contributed by atoms with E-state index < -0.39 is 0 Å². The van der Waals surface area contributed by atoms with Crippen LogP contribution in [-0.4, -0.2) is 12.6 Å². The largest absolute Gasteiger partial charge is 0.330 e. The SMILES string of the molecule is CC(C)(C)C(N)CCN. The van der Waals surface area contributed by atoms with Crippen molar-refractivity contribution in [2.24, 2.45) is 16.9 Å². The van der Waals surface area contributed by atoms with E-state index in [0.29, 0.717) is 6.54 Å². The molecule has 0 radical (unpaired) electrons. The van der Waals surface area contributed by atoms with Gasteiger partial charge in [0.05, 0.1) is 0 Å². The summed E-state index contributed by atoms with van der Waals surface area (Å²) in [5.41, 5.74) is 11.3. The Morgan fingerprint density at radius 2 is 1.78 bits per heavy atom. The number of rotatable bonds is 2. The lowest BCUT2D eigenvalue weighted by Gasteiger charge is -2.26. The third-order valence-corrected chi connectivity index (χ3v) is 1.59. The Kier molecular flexibility index (Phi) is 3.15. The minimum Gasteiger partial charge on any atom is -0.330 e. The molecule has 56 valence electrons. The van der Waals surface area contributed by atoms with Crippen LogP contribution in [0.3, 0.4) is 0 Å². The molecule has 2 heteroatoms. The van der Waals surface area contributed by atoms with Gasteiger partial charge in [0, 0.05) is 6.04 Å². The molecule has 0 aromatic rings. The summed E-state index contributed by atoms with van der Waals surface area (Å²) >= 11 is 0. The average Bonchev–Trinajstić information content (AvgIpc) is 1.64. The van der Waals surface area contributed by atoms with Gasteiger partial charge in [-0.15, -0.1) is 0 Å². The normalized spacial score (nSPS) is 15.7. The van der Waals surface area contributed by atoms with Crippen molar-refractivity contribution >= 4 is 0 Å². The Morgan fingerprint density at radius 3 is 1.89 bits per heavy atom. The van der Waals surface area contributed by atoms with E-state index in [1.54, 1.807) is 0 Å². The third kappa shape index (κ3) is 3.49. The van der Waals surface area contributed by atoms with Crippen LogP contribution in [0.5, 0.6) is 0 Å². The highest BCUT2D eigenvalue weighted by molar-refractivity contribution is 4.76. The number of nitrogens with two attached hydrogens (primary N) is 2. The average molecular weight is 130 g/mol. The maximum Gasteiger partial charge on any atom is 0.00996 e. The van der Waals surface area contributed by atoms with E-state index in [1.807, 2.05) is 0 Å². The summed E-state index contributed by atoms with van der Waals surface area (Å²) in [7, 11) is 0. The van der Waals surface area contributed by atoms with Crippen LogP contribution in [0, 0.1) is 5.41 Å². The van der Waals surface area contributed by atoms with Crippen LogP contribution in [0.15, 0.2) is 0 Å². The predicted molar refractivity (Wildman–Crippen MR) is 41.1 cm³/mol. The summed E-state index contributed by atoms with van der Waals surface area (Å²) < 4.78 is 0. The van der Waals surface area contributed by atoms with Crippen molar-refractivity contribution in [3.8, 4) is 0 Å². The van der Waals surface area contributed by atoms with Crippen molar-refractivity contribution in [3.05, 3.63) is 0 Å². The Hall–Kier alpha value is -0.0800. The van der Waals surface area contributed by atoms with Crippen LogP contribution in [0.2, 0.25) is 0 Å². The van der Waals surface area contributed by atoms with E-state index in [2.05, 4.69) is 20.8 Å². The molecule has 0 aliphatic heterocycles. The molecule has 0 spiro atoms. The summed E-state index contributed by atoms with van der Waals surface area (Å²) in [6.07, 6.45) is 0.920. The molecule has 1 atom stereocenters. The van der Waals surface area contributed by atoms with Gasteiger partial charge in [-0.05, 0) is 18.4 Å². The van der Waals surface area contributed by atoms with E-state index in [0.717, 1.165) is 6.42 Å². The quantitative estimate of drug-likeness (QED) is 0.578. The van der Waals surface area contributed by atoms with Crippen molar-refractivity contribution in [1.29, 1.82) is 0 Å². The minimum atomic E-state index is 0.208. The van der Waals surface area contributed by atoms with Crippen LogP contribution in [0.4, 0.5) is 0 Å². The van der Waals surface area contributed by atoms with Crippen LogP contribution >= 0.6 is 0 Å². The van der Waals surface area contributed by atoms with Gasteiger partial charge < -0.3 is 11.5 Å². The molecule has 2 nitrogen and oxygen atoms in total. The number of hydrogen-bond donors (Lipinski definition) is 2. The highest BCUT2D eigenvalue weighted by Gasteiger charge is 2.18. The van der Waals surface area contributed by atoms with E-state index in [4.69, 9.17) is 11.5 Å². The molecule has 0 aromatic heterocycles. The van der Waals surface area contributed by atoms with Gasteiger partial charge in [0.25, 0.3) is 0 Å². The molecule has 0 fully saturated rings. The van der Waals surface area contributed by atoms with Gasteiger partial charge >= 0.3 is 0 Å². The molecule has 0 saturated carbocycles. The third-order valence-electron chi connectivity index (χ3n) is 1.59. The van der Waals surface area contributed by atoms with E-state index in [-0.39, 0.29) is 11.5 Å². The van der Waals surface area contributed by atoms with Gasteiger partial charge in [0.1, 0.15) is 0 Å². The zero-order chi connectivity index (χ0) is 7.49. The number of hydrogen-bond acceptors (Lipinski definition) is 2. The molecule has 9 heavy (non-hydrogen) atoms. The van der Waals surface area contributed by atoms with Crippen LogP contribution < -0.4 is 11.5 Å². The van der Waals surface area contributed by atoms with Gasteiger partial charge in [-0.25, -0.2) is 0 Å². The van der Waals surface area contributed by atoms with Gasteiger partial charge in [0.2, 0.25) is 0 Å². The molecular formula is C7H18N2. The molecule has 0 amide bonds. The molecule has 0 aliphatic rings. The van der Waals surface area contributed by atoms with E-state index >= 15 is 0 Å². The Morgan fingerprint density at radius 1 is 1.33 bits per heavy atom. The molecule has 0 saturated heterocycles. The van der Waals surface area contributed by atoms with Crippen LogP contribution in [0.1, 0.15) is 27.2 Å². The molecule has 0 rings (SSSR count). The second kappa shape index (κ2) is 3.18. The second-order valence-corrected chi connectivity index (χ2v) is 3.55. The second-order valence-electron chi connectivity index (χ2n) is 3.55. The van der Waals surface area contributed by atoms with Crippen LogP contribution in [0.25, 0.3) is 0 Å². The van der Waals surface area contributed by atoms with Gasteiger partial charge in [-0.2, -0.15) is 0 Å². The summed E-state index contributed by atoms with van der Waals surface area (Å²) in [5, 5.41) is 0. The fourth-order valence-corrected chi connectivity index (χ4v) is 0.613. The van der Waals surface area contributed by atoms with Crippen molar-refractivity contribution in [3.63, 3.8) is 0 Å². The highest BCUT2D eigenvalue weighted by Crippen LogP contribution is 2.18. The standard InChI is InChI=1S/C7H18N2/c1-7(2,3)6(9)4-5-8/h6H,4-5,8-9H2,1-3H3. The first kappa shape index (κ1) is 8.92. The van der Waals surface area contributed by atoms with E-state index in [9.17, 15) is 0 Å². The summed E-state index contributed by atoms with van der Waals surface area (Å²) in [6, 6.07) is 0.238.